The average Bonchev–Trinajstić information content (AvgIpc) is 2.39. The van der Waals surface area contributed by atoms with Gasteiger partial charge in [0.2, 0.25) is 0 Å². The third-order valence-corrected chi connectivity index (χ3v) is 3.19. The Labute approximate surface area is 91.5 Å². The summed E-state index contributed by atoms with van der Waals surface area (Å²) in [5.74, 6) is 0.689. The van der Waals surface area contributed by atoms with Gasteiger partial charge in [-0.05, 0) is 33.1 Å². The largest absolute Gasteiger partial charge is 0.370 e. The molecule has 1 unspecified atom stereocenters. The van der Waals surface area contributed by atoms with E-state index < -0.39 is 0 Å². The van der Waals surface area contributed by atoms with Crippen LogP contribution in [0.15, 0.2) is 4.99 Å². The fourth-order valence-corrected chi connectivity index (χ4v) is 2.05. The van der Waals surface area contributed by atoms with E-state index in [-0.39, 0.29) is 11.7 Å². The van der Waals surface area contributed by atoms with Crippen LogP contribution in [0.4, 0.5) is 0 Å². The first kappa shape index (κ1) is 10.7. The van der Waals surface area contributed by atoms with E-state index in [1.54, 1.807) is 0 Å². The van der Waals surface area contributed by atoms with Crippen LogP contribution < -0.4 is 5.73 Å². The first-order valence-corrected chi connectivity index (χ1v) is 5.79. The maximum atomic E-state index is 5.85. The van der Waals surface area contributed by atoms with E-state index in [1.807, 2.05) is 0 Å². The van der Waals surface area contributed by atoms with E-state index in [2.05, 4.69) is 23.7 Å². The lowest BCUT2D eigenvalue weighted by Crippen LogP contribution is -2.46. The zero-order valence-corrected chi connectivity index (χ0v) is 9.70. The highest BCUT2D eigenvalue weighted by atomic mass is 16.5. The Kier molecular flexibility index (Phi) is 2.87. The normalized spacial score (nSPS) is 30.4. The van der Waals surface area contributed by atoms with Gasteiger partial charge >= 0.3 is 0 Å². The van der Waals surface area contributed by atoms with Crippen molar-refractivity contribution in [2.75, 3.05) is 19.6 Å². The molecule has 4 heteroatoms. The van der Waals surface area contributed by atoms with Gasteiger partial charge in [0.15, 0.2) is 5.96 Å². The lowest BCUT2D eigenvalue weighted by Gasteiger charge is -2.31. The molecule has 4 nitrogen and oxygen atoms in total. The predicted octanol–water partition coefficient (Wildman–Crippen LogP) is 0.964. The number of ether oxygens (including phenoxy) is 1. The summed E-state index contributed by atoms with van der Waals surface area (Å²) in [5, 5.41) is 0. The minimum Gasteiger partial charge on any atom is -0.370 e. The van der Waals surface area contributed by atoms with E-state index in [1.165, 1.54) is 6.42 Å². The molecule has 0 spiro atoms. The molecule has 2 fully saturated rings. The Bertz CT molecular complexity index is 259. The van der Waals surface area contributed by atoms with Crippen molar-refractivity contribution in [3.63, 3.8) is 0 Å². The van der Waals surface area contributed by atoms with Crippen LogP contribution in [0.25, 0.3) is 0 Å². The van der Waals surface area contributed by atoms with E-state index in [4.69, 9.17) is 10.5 Å². The van der Waals surface area contributed by atoms with Gasteiger partial charge in [0.05, 0.1) is 18.2 Å². The quantitative estimate of drug-likeness (QED) is 0.547. The second-order valence-corrected chi connectivity index (χ2v) is 5.08. The first-order chi connectivity index (χ1) is 7.07. The molecule has 15 heavy (non-hydrogen) atoms. The third kappa shape index (κ3) is 2.62. The highest BCUT2D eigenvalue weighted by Gasteiger charge is 2.31. The average molecular weight is 211 g/mol. The number of aliphatic imine (C=N–C) groups is 1. The van der Waals surface area contributed by atoms with Gasteiger partial charge in [0, 0.05) is 13.1 Å². The van der Waals surface area contributed by atoms with Crippen molar-refractivity contribution in [3.8, 4) is 0 Å². The Morgan fingerprint density at radius 2 is 2.27 bits per heavy atom. The smallest absolute Gasteiger partial charge is 0.191 e. The molecule has 0 aliphatic carbocycles. The maximum absolute atomic E-state index is 5.85. The first-order valence-electron chi connectivity index (χ1n) is 5.79. The second-order valence-electron chi connectivity index (χ2n) is 5.08. The van der Waals surface area contributed by atoms with E-state index in [0.717, 1.165) is 25.9 Å². The van der Waals surface area contributed by atoms with Crippen molar-refractivity contribution >= 4 is 5.96 Å². The molecule has 2 heterocycles. The van der Waals surface area contributed by atoms with Crippen molar-refractivity contribution in [2.45, 2.75) is 44.8 Å². The molecular formula is C11H21N3O. The molecular weight excluding hydrogens is 190 g/mol. The highest BCUT2D eigenvalue weighted by molar-refractivity contribution is 5.78. The molecule has 0 bridgehead atoms. The van der Waals surface area contributed by atoms with Crippen LogP contribution >= 0.6 is 0 Å². The third-order valence-electron chi connectivity index (χ3n) is 3.19. The van der Waals surface area contributed by atoms with Gasteiger partial charge in [-0.1, -0.05) is 0 Å². The summed E-state index contributed by atoms with van der Waals surface area (Å²) in [6, 6.07) is 0. The zero-order chi connectivity index (χ0) is 10.9. The number of hydrogen-bond donors (Lipinski definition) is 1. The topological polar surface area (TPSA) is 50.8 Å². The van der Waals surface area contributed by atoms with Crippen molar-refractivity contribution in [1.82, 2.24) is 4.90 Å². The summed E-state index contributed by atoms with van der Waals surface area (Å²) >= 11 is 0. The minimum absolute atomic E-state index is 0.0334. The molecule has 2 saturated heterocycles. The predicted molar refractivity (Wildman–Crippen MR) is 60.9 cm³/mol. The van der Waals surface area contributed by atoms with Crippen LogP contribution in [0.1, 0.15) is 33.1 Å². The van der Waals surface area contributed by atoms with Gasteiger partial charge in [0.1, 0.15) is 0 Å². The molecule has 0 radical (unpaired) electrons. The maximum Gasteiger partial charge on any atom is 0.191 e. The molecule has 86 valence electrons. The Morgan fingerprint density at radius 1 is 1.53 bits per heavy atom. The molecule has 0 aromatic heterocycles. The van der Waals surface area contributed by atoms with E-state index in [0.29, 0.717) is 12.5 Å². The lowest BCUT2D eigenvalue weighted by atomic mass is 10.1. The number of guanidine groups is 1. The molecule has 2 aliphatic heterocycles. The summed E-state index contributed by atoms with van der Waals surface area (Å²) in [5.41, 5.74) is 5.88. The highest BCUT2D eigenvalue weighted by Crippen LogP contribution is 2.29. The summed E-state index contributed by atoms with van der Waals surface area (Å²) in [6.45, 7) is 7.11. The van der Waals surface area contributed by atoms with Crippen molar-refractivity contribution in [2.24, 2.45) is 10.7 Å². The second kappa shape index (κ2) is 4.00. The molecule has 0 saturated carbocycles. The van der Waals surface area contributed by atoms with Crippen molar-refractivity contribution in [3.05, 3.63) is 0 Å². The molecule has 2 rings (SSSR count). The molecule has 0 aromatic carbocycles. The lowest BCUT2D eigenvalue weighted by molar-refractivity contribution is -0.0107. The van der Waals surface area contributed by atoms with Crippen LogP contribution in [0.3, 0.4) is 0 Å². The standard InChI is InChI=1S/C11H21N3O/c1-11(2)5-4-9(15-11)8-13-10(12)14-6-3-7-14/h9H,3-8H2,1-2H3,(H2,12,13). The molecule has 2 aliphatic rings. The Hall–Kier alpha value is -0.770. The molecule has 1 atom stereocenters. The van der Waals surface area contributed by atoms with Crippen LogP contribution in [0.2, 0.25) is 0 Å². The van der Waals surface area contributed by atoms with Crippen molar-refractivity contribution < 1.29 is 4.74 Å². The molecule has 0 aromatic rings. The van der Waals surface area contributed by atoms with Crippen molar-refractivity contribution in [1.29, 1.82) is 0 Å². The van der Waals surface area contributed by atoms with Crippen LogP contribution in [-0.4, -0.2) is 42.2 Å². The fraction of sp³-hybridized carbons (Fsp3) is 0.909. The monoisotopic (exact) mass is 211 g/mol. The summed E-state index contributed by atoms with van der Waals surface area (Å²) in [7, 11) is 0. The van der Waals surface area contributed by atoms with Crippen LogP contribution in [0.5, 0.6) is 0 Å². The van der Waals surface area contributed by atoms with Crippen LogP contribution in [0, 0.1) is 0 Å². The fourth-order valence-electron chi connectivity index (χ4n) is 2.05. The van der Waals surface area contributed by atoms with Gasteiger partial charge in [-0.25, -0.2) is 0 Å². The Morgan fingerprint density at radius 3 is 2.73 bits per heavy atom. The van der Waals surface area contributed by atoms with Crippen LogP contribution in [-0.2, 0) is 4.74 Å². The number of likely N-dealkylation sites (tertiary alicyclic amines) is 1. The van der Waals surface area contributed by atoms with Gasteiger partial charge in [-0.15, -0.1) is 0 Å². The number of nitrogens with zero attached hydrogens (tertiary/aromatic N) is 2. The SMILES string of the molecule is CC1(C)CCC(CN=C(N)N2CCC2)O1. The van der Waals surface area contributed by atoms with Gasteiger partial charge in [-0.3, -0.25) is 4.99 Å². The number of nitrogens with two attached hydrogens (primary N) is 1. The van der Waals surface area contributed by atoms with E-state index in [9.17, 15) is 0 Å². The summed E-state index contributed by atoms with van der Waals surface area (Å²) in [4.78, 5) is 6.50. The van der Waals surface area contributed by atoms with Gasteiger partial charge in [0.25, 0.3) is 0 Å². The minimum atomic E-state index is 0.0334. The molecule has 0 amide bonds. The summed E-state index contributed by atoms with van der Waals surface area (Å²) in [6.07, 6.45) is 3.73. The summed E-state index contributed by atoms with van der Waals surface area (Å²) < 4.78 is 5.85. The number of rotatable bonds is 2. The Balaban J connectivity index is 1.78. The van der Waals surface area contributed by atoms with Gasteiger partial charge < -0.3 is 15.4 Å². The molecule has 2 N–H and O–H groups in total. The zero-order valence-electron chi connectivity index (χ0n) is 9.70. The van der Waals surface area contributed by atoms with E-state index >= 15 is 0 Å². The number of hydrogen-bond acceptors (Lipinski definition) is 2. The van der Waals surface area contributed by atoms with Gasteiger partial charge in [-0.2, -0.15) is 0 Å².